The molecule has 0 fully saturated rings. The monoisotopic (exact) mass is 555 g/mol. The van der Waals surface area contributed by atoms with Gasteiger partial charge in [-0.1, -0.05) is 48.5 Å². The maximum atomic E-state index is 14.4. The standard InChI is InChI=1S/C28H28F3N5O4/c1-36(2)15-18-11-12-23(39-18)19-5-3-4-6-20(19)25(28(29,30)31)40-24-14-22(34-27(33)35-24)17-9-7-16(8-10-17)13-21(32)26(37)38/h3-12,14,21,25H,13,15,32H2,1-2H3,(H,37,38)(H2,33,34,35)/t21-,25?/m0/s1. The number of benzene rings is 2. The van der Waals surface area contributed by atoms with Gasteiger partial charge in [0, 0.05) is 22.8 Å². The lowest BCUT2D eigenvalue weighted by Crippen LogP contribution is -2.32. The van der Waals surface area contributed by atoms with E-state index >= 15 is 0 Å². The Bertz CT molecular complexity index is 1470. The molecule has 0 aliphatic rings. The number of carbonyl (C=O) groups is 1. The molecule has 5 N–H and O–H groups in total. The SMILES string of the molecule is CN(C)Cc1ccc(-c2ccccc2C(Oc2cc(-c3ccc(C[C@H](N)C(=O)O)cc3)nc(N)n2)C(F)(F)F)o1. The minimum Gasteiger partial charge on any atom is -0.480 e. The number of anilines is 1. The van der Waals surface area contributed by atoms with Crippen molar-refractivity contribution in [3.8, 4) is 28.5 Å². The highest BCUT2D eigenvalue weighted by Crippen LogP contribution is 2.41. The Morgan fingerprint density at radius 2 is 1.77 bits per heavy atom. The molecule has 1 unspecified atom stereocenters. The first kappa shape index (κ1) is 28.6. The highest BCUT2D eigenvalue weighted by molar-refractivity contribution is 5.73. The molecule has 40 heavy (non-hydrogen) atoms. The molecule has 4 rings (SSSR count). The summed E-state index contributed by atoms with van der Waals surface area (Å²) >= 11 is 0. The summed E-state index contributed by atoms with van der Waals surface area (Å²) < 4.78 is 54.5. The lowest BCUT2D eigenvalue weighted by atomic mass is 10.00. The van der Waals surface area contributed by atoms with Gasteiger partial charge in [-0.25, -0.2) is 4.98 Å². The molecule has 0 spiro atoms. The third-order valence-corrected chi connectivity index (χ3v) is 5.92. The number of aromatic nitrogens is 2. The number of nitrogen functional groups attached to an aromatic ring is 1. The second-order valence-electron chi connectivity index (χ2n) is 9.43. The van der Waals surface area contributed by atoms with Crippen LogP contribution in [0, 0.1) is 0 Å². The maximum Gasteiger partial charge on any atom is 0.429 e. The topological polar surface area (TPSA) is 141 Å². The van der Waals surface area contributed by atoms with Crippen LogP contribution in [0.25, 0.3) is 22.6 Å². The molecule has 4 aromatic rings. The van der Waals surface area contributed by atoms with E-state index in [9.17, 15) is 18.0 Å². The second kappa shape index (κ2) is 11.8. The molecule has 0 saturated carbocycles. The number of nitrogens with zero attached hydrogens (tertiary/aromatic N) is 3. The highest BCUT2D eigenvalue weighted by Gasteiger charge is 2.45. The Morgan fingerprint density at radius 1 is 1.07 bits per heavy atom. The summed E-state index contributed by atoms with van der Waals surface area (Å²) in [7, 11) is 3.71. The zero-order chi connectivity index (χ0) is 29.0. The molecule has 9 nitrogen and oxygen atoms in total. The van der Waals surface area contributed by atoms with Gasteiger partial charge in [-0.3, -0.25) is 4.79 Å². The molecule has 2 heterocycles. The van der Waals surface area contributed by atoms with Crippen LogP contribution in [0.5, 0.6) is 5.88 Å². The number of halogens is 3. The van der Waals surface area contributed by atoms with Crippen LogP contribution in [0.2, 0.25) is 0 Å². The Kier molecular flexibility index (Phi) is 8.40. The summed E-state index contributed by atoms with van der Waals surface area (Å²) in [6.45, 7) is 0.484. The number of furan rings is 1. The molecule has 0 saturated heterocycles. The Morgan fingerprint density at radius 3 is 2.42 bits per heavy atom. The van der Waals surface area contributed by atoms with Crippen LogP contribution >= 0.6 is 0 Å². The van der Waals surface area contributed by atoms with Crippen molar-refractivity contribution in [1.82, 2.24) is 14.9 Å². The van der Waals surface area contributed by atoms with Crippen molar-refractivity contribution < 1.29 is 32.2 Å². The summed E-state index contributed by atoms with van der Waals surface area (Å²) in [5.74, 6) is -0.905. The zero-order valence-corrected chi connectivity index (χ0v) is 21.7. The van der Waals surface area contributed by atoms with E-state index < -0.39 is 24.3 Å². The molecule has 2 aromatic carbocycles. The van der Waals surface area contributed by atoms with Crippen molar-refractivity contribution in [3.05, 3.63) is 83.6 Å². The first-order chi connectivity index (χ1) is 18.9. The van der Waals surface area contributed by atoms with E-state index in [2.05, 4.69) is 9.97 Å². The highest BCUT2D eigenvalue weighted by atomic mass is 19.4. The van der Waals surface area contributed by atoms with Gasteiger partial charge in [-0.15, -0.1) is 0 Å². The molecular weight excluding hydrogens is 527 g/mol. The fraction of sp³-hybridized carbons (Fsp3) is 0.250. The van der Waals surface area contributed by atoms with E-state index in [0.29, 0.717) is 23.4 Å². The van der Waals surface area contributed by atoms with Gasteiger partial charge in [0.25, 0.3) is 0 Å². The molecule has 0 aliphatic heterocycles. The van der Waals surface area contributed by atoms with E-state index in [1.54, 1.807) is 42.5 Å². The molecule has 0 aliphatic carbocycles. The zero-order valence-electron chi connectivity index (χ0n) is 21.7. The van der Waals surface area contributed by atoms with Gasteiger partial charge in [-0.2, -0.15) is 18.2 Å². The van der Waals surface area contributed by atoms with Gasteiger partial charge in [0.2, 0.25) is 17.9 Å². The normalized spacial score (nSPS) is 13.3. The van der Waals surface area contributed by atoms with Crippen LogP contribution in [0.4, 0.5) is 19.1 Å². The predicted molar refractivity (Wildman–Crippen MR) is 142 cm³/mol. The number of hydrogen-bond acceptors (Lipinski definition) is 8. The summed E-state index contributed by atoms with van der Waals surface area (Å²) in [5.41, 5.74) is 12.9. The lowest BCUT2D eigenvalue weighted by Gasteiger charge is -2.23. The van der Waals surface area contributed by atoms with Crippen molar-refractivity contribution in [2.75, 3.05) is 19.8 Å². The molecule has 0 radical (unpaired) electrons. The number of nitrogens with two attached hydrogens (primary N) is 2. The Balaban J connectivity index is 1.65. The van der Waals surface area contributed by atoms with Crippen LogP contribution in [-0.4, -0.2) is 52.3 Å². The van der Waals surface area contributed by atoms with Crippen molar-refractivity contribution in [2.45, 2.75) is 31.3 Å². The van der Waals surface area contributed by atoms with Crippen LogP contribution in [0.15, 0.2) is 71.1 Å². The summed E-state index contributed by atoms with van der Waals surface area (Å²) in [4.78, 5) is 20.9. The lowest BCUT2D eigenvalue weighted by molar-refractivity contribution is -0.198. The third-order valence-electron chi connectivity index (χ3n) is 5.92. The average Bonchev–Trinajstić information content (AvgIpc) is 3.34. The first-order valence-electron chi connectivity index (χ1n) is 12.2. The number of carboxylic acids is 1. The van der Waals surface area contributed by atoms with E-state index in [-0.39, 0.29) is 40.8 Å². The molecular formula is C28H28F3N5O4. The molecule has 12 heteroatoms. The molecule has 0 bridgehead atoms. The number of carboxylic acid groups (broad SMARTS) is 1. The summed E-state index contributed by atoms with van der Waals surface area (Å²) in [6, 6.07) is 16.1. The van der Waals surface area contributed by atoms with E-state index in [4.69, 9.17) is 25.7 Å². The van der Waals surface area contributed by atoms with Crippen LogP contribution in [0.1, 0.15) is 23.0 Å². The van der Waals surface area contributed by atoms with E-state index in [1.165, 1.54) is 24.3 Å². The number of ether oxygens (including phenoxy) is 1. The Labute approximate surface area is 228 Å². The van der Waals surface area contributed by atoms with Gasteiger partial charge < -0.3 is 30.6 Å². The van der Waals surface area contributed by atoms with Crippen molar-refractivity contribution in [1.29, 1.82) is 0 Å². The molecule has 0 amide bonds. The summed E-state index contributed by atoms with van der Waals surface area (Å²) in [6.07, 6.45) is -7.08. The number of aliphatic carboxylic acids is 1. The second-order valence-corrected chi connectivity index (χ2v) is 9.43. The molecule has 210 valence electrons. The van der Waals surface area contributed by atoms with Gasteiger partial charge in [0.1, 0.15) is 17.6 Å². The number of alkyl halides is 3. The van der Waals surface area contributed by atoms with E-state index in [0.717, 1.165) is 0 Å². The van der Waals surface area contributed by atoms with Gasteiger partial charge in [0.05, 0.1) is 12.2 Å². The van der Waals surface area contributed by atoms with Gasteiger partial charge >= 0.3 is 12.1 Å². The largest absolute Gasteiger partial charge is 0.480 e. The maximum absolute atomic E-state index is 14.4. The fourth-order valence-electron chi connectivity index (χ4n) is 4.10. The fourth-order valence-corrected chi connectivity index (χ4v) is 4.10. The van der Waals surface area contributed by atoms with Gasteiger partial charge in [0.15, 0.2) is 0 Å². The van der Waals surface area contributed by atoms with Gasteiger partial charge in [-0.05, 0) is 38.2 Å². The minimum absolute atomic E-state index is 0.106. The van der Waals surface area contributed by atoms with Crippen molar-refractivity contribution in [2.24, 2.45) is 5.73 Å². The molecule has 2 aromatic heterocycles. The van der Waals surface area contributed by atoms with Crippen LogP contribution in [0.3, 0.4) is 0 Å². The quantitative estimate of drug-likeness (QED) is 0.254. The van der Waals surface area contributed by atoms with Crippen molar-refractivity contribution >= 4 is 11.9 Å². The number of hydrogen-bond donors (Lipinski definition) is 3. The number of rotatable bonds is 10. The van der Waals surface area contributed by atoms with Crippen LogP contribution < -0.4 is 16.2 Å². The summed E-state index contributed by atoms with van der Waals surface area (Å²) in [5, 5.41) is 9.01. The van der Waals surface area contributed by atoms with Crippen molar-refractivity contribution in [3.63, 3.8) is 0 Å². The van der Waals surface area contributed by atoms with Crippen LogP contribution in [-0.2, 0) is 17.8 Å². The average molecular weight is 556 g/mol. The smallest absolute Gasteiger partial charge is 0.429 e. The Hall–Kier alpha value is -4.42. The first-order valence-corrected chi connectivity index (χ1v) is 12.2. The predicted octanol–water partition coefficient (Wildman–Crippen LogP) is 4.68. The third kappa shape index (κ3) is 6.96. The molecule has 2 atom stereocenters. The minimum atomic E-state index is -4.81. The van der Waals surface area contributed by atoms with E-state index in [1.807, 2.05) is 19.0 Å².